The average Bonchev–Trinajstić information content (AvgIpc) is 2.74. The van der Waals surface area contributed by atoms with Gasteiger partial charge in [0.2, 0.25) is 10.0 Å². The number of carbonyl (C=O) groups excluding carboxylic acids is 1. The molecule has 172 valence electrons. The van der Waals surface area contributed by atoms with Crippen LogP contribution in [0, 0.1) is 0 Å². The number of sulfonamides is 1. The number of nitrogens with zero attached hydrogens (tertiary/aromatic N) is 1. The number of alkyl halides is 3. The highest BCUT2D eigenvalue weighted by molar-refractivity contribution is 7.92. The summed E-state index contributed by atoms with van der Waals surface area (Å²) in [6.45, 7) is 0.279. The molecule has 0 bridgehead atoms. The number of fused-ring (bicyclic) bond motifs is 1. The van der Waals surface area contributed by atoms with Crippen LogP contribution in [0.1, 0.15) is 21.5 Å². The highest BCUT2D eigenvalue weighted by Gasteiger charge is 2.31. The maximum atomic E-state index is 13.1. The first kappa shape index (κ1) is 22.7. The summed E-state index contributed by atoms with van der Waals surface area (Å²) in [4.78, 5) is 14.6. The molecule has 3 aromatic carbocycles. The van der Waals surface area contributed by atoms with Crippen molar-refractivity contribution in [2.45, 2.75) is 12.6 Å². The average molecular weight is 476 g/mol. The minimum Gasteiger partial charge on any atom is -0.506 e. The second kappa shape index (κ2) is 8.11. The van der Waals surface area contributed by atoms with Gasteiger partial charge in [0.25, 0.3) is 5.91 Å². The molecule has 0 aromatic heterocycles. The number of anilines is 2. The van der Waals surface area contributed by atoms with Crippen molar-refractivity contribution in [3.63, 3.8) is 0 Å². The van der Waals surface area contributed by atoms with Gasteiger partial charge in [0.1, 0.15) is 5.75 Å². The van der Waals surface area contributed by atoms with Crippen LogP contribution in [0.25, 0.3) is 11.1 Å². The molecule has 3 aromatic rings. The minimum atomic E-state index is -4.45. The van der Waals surface area contributed by atoms with Gasteiger partial charge in [-0.05, 0) is 59.5 Å². The number of aromatic hydroxyl groups is 1. The van der Waals surface area contributed by atoms with Gasteiger partial charge >= 0.3 is 6.18 Å². The maximum absolute atomic E-state index is 13.1. The molecular formula is C23H19F3N2O4S. The Kier molecular flexibility index (Phi) is 5.57. The molecule has 0 radical (unpaired) electrons. The van der Waals surface area contributed by atoms with E-state index in [1.165, 1.54) is 29.2 Å². The highest BCUT2D eigenvalue weighted by Crippen LogP contribution is 2.35. The Hall–Kier alpha value is -3.53. The van der Waals surface area contributed by atoms with Gasteiger partial charge in [-0.15, -0.1) is 0 Å². The molecule has 33 heavy (non-hydrogen) atoms. The number of carbonyl (C=O) groups is 1. The van der Waals surface area contributed by atoms with E-state index < -0.39 is 21.8 Å². The molecular weight excluding hydrogens is 457 g/mol. The molecule has 0 spiro atoms. The number of rotatable bonds is 4. The van der Waals surface area contributed by atoms with Crippen LogP contribution in [0.4, 0.5) is 24.5 Å². The zero-order valence-electron chi connectivity index (χ0n) is 17.3. The molecule has 0 saturated carbocycles. The van der Waals surface area contributed by atoms with E-state index in [9.17, 15) is 31.5 Å². The van der Waals surface area contributed by atoms with Crippen LogP contribution in [-0.2, 0) is 22.6 Å². The van der Waals surface area contributed by atoms with Crippen LogP contribution in [0.2, 0.25) is 0 Å². The van der Waals surface area contributed by atoms with Gasteiger partial charge in [-0.3, -0.25) is 9.52 Å². The Balaban J connectivity index is 1.64. The molecule has 2 N–H and O–H groups in total. The number of benzene rings is 3. The summed E-state index contributed by atoms with van der Waals surface area (Å²) in [7, 11) is -3.64. The number of amides is 1. The van der Waals surface area contributed by atoms with E-state index in [2.05, 4.69) is 4.72 Å². The first-order valence-electron chi connectivity index (χ1n) is 9.85. The van der Waals surface area contributed by atoms with Crippen LogP contribution >= 0.6 is 0 Å². The number of halogens is 3. The third-order valence-corrected chi connectivity index (χ3v) is 5.89. The van der Waals surface area contributed by atoms with Gasteiger partial charge < -0.3 is 10.0 Å². The smallest absolute Gasteiger partial charge is 0.416 e. The molecule has 0 aliphatic carbocycles. The van der Waals surface area contributed by atoms with E-state index in [0.29, 0.717) is 34.4 Å². The number of hydrogen-bond donors (Lipinski definition) is 2. The zero-order valence-corrected chi connectivity index (χ0v) is 18.2. The molecule has 1 amide bonds. The van der Waals surface area contributed by atoms with Crippen molar-refractivity contribution >= 4 is 27.3 Å². The Morgan fingerprint density at radius 1 is 1.00 bits per heavy atom. The van der Waals surface area contributed by atoms with E-state index >= 15 is 0 Å². The molecule has 0 unspecified atom stereocenters. The second-order valence-electron chi connectivity index (χ2n) is 7.73. The summed E-state index contributed by atoms with van der Waals surface area (Å²) in [5.41, 5.74) is 1.70. The first-order valence-corrected chi connectivity index (χ1v) is 11.7. The van der Waals surface area contributed by atoms with Crippen molar-refractivity contribution in [1.82, 2.24) is 0 Å². The molecule has 0 saturated heterocycles. The molecule has 10 heteroatoms. The van der Waals surface area contributed by atoms with Crippen molar-refractivity contribution in [2.24, 2.45) is 0 Å². The lowest BCUT2D eigenvalue weighted by atomic mass is 9.93. The predicted octanol–water partition coefficient (Wildman–Crippen LogP) is 4.65. The fourth-order valence-corrected chi connectivity index (χ4v) is 4.33. The third kappa shape index (κ3) is 4.80. The van der Waals surface area contributed by atoms with Gasteiger partial charge in [-0.2, -0.15) is 13.2 Å². The summed E-state index contributed by atoms with van der Waals surface area (Å²) < 4.78 is 64.4. The minimum absolute atomic E-state index is 0.0477. The van der Waals surface area contributed by atoms with Crippen LogP contribution < -0.4 is 9.62 Å². The Morgan fingerprint density at radius 3 is 2.42 bits per heavy atom. The summed E-state index contributed by atoms with van der Waals surface area (Å²) in [6, 6.07) is 14.1. The van der Waals surface area contributed by atoms with E-state index in [1.54, 1.807) is 24.3 Å². The van der Waals surface area contributed by atoms with Crippen LogP contribution in [0.3, 0.4) is 0 Å². The van der Waals surface area contributed by atoms with Crippen molar-refractivity contribution in [3.05, 3.63) is 77.4 Å². The molecule has 0 atom stereocenters. The van der Waals surface area contributed by atoms with Gasteiger partial charge in [0, 0.05) is 17.8 Å². The van der Waals surface area contributed by atoms with E-state index in [0.717, 1.165) is 18.4 Å². The summed E-state index contributed by atoms with van der Waals surface area (Å²) >= 11 is 0. The molecule has 0 fully saturated rings. The normalized spacial score (nSPS) is 14.2. The fourth-order valence-electron chi connectivity index (χ4n) is 3.76. The Bertz CT molecular complexity index is 1350. The van der Waals surface area contributed by atoms with Gasteiger partial charge in [-0.1, -0.05) is 24.3 Å². The highest BCUT2D eigenvalue weighted by atomic mass is 32.2. The van der Waals surface area contributed by atoms with Crippen LogP contribution in [-0.4, -0.2) is 32.2 Å². The van der Waals surface area contributed by atoms with E-state index in [1.807, 2.05) is 0 Å². The Labute approximate surface area is 188 Å². The van der Waals surface area contributed by atoms with E-state index in [-0.39, 0.29) is 23.9 Å². The van der Waals surface area contributed by atoms with Crippen molar-refractivity contribution in [3.8, 4) is 16.9 Å². The van der Waals surface area contributed by atoms with Crippen LogP contribution in [0.15, 0.2) is 60.7 Å². The molecule has 1 heterocycles. The predicted molar refractivity (Wildman–Crippen MR) is 119 cm³/mol. The van der Waals surface area contributed by atoms with E-state index in [4.69, 9.17) is 0 Å². The monoisotopic (exact) mass is 476 g/mol. The zero-order chi connectivity index (χ0) is 24.0. The van der Waals surface area contributed by atoms with Crippen molar-refractivity contribution < 1.29 is 31.5 Å². The van der Waals surface area contributed by atoms with Crippen molar-refractivity contribution in [2.75, 3.05) is 22.4 Å². The lowest BCUT2D eigenvalue weighted by molar-refractivity contribution is -0.137. The number of hydrogen-bond acceptors (Lipinski definition) is 4. The number of phenolic OH excluding ortho intramolecular Hbond substituents is 1. The summed E-state index contributed by atoms with van der Waals surface area (Å²) in [5.74, 6) is -0.609. The lowest BCUT2D eigenvalue weighted by Crippen LogP contribution is -2.37. The largest absolute Gasteiger partial charge is 0.506 e. The van der Waals surface area contributed by atoms with Gasteiger partial charge in [0.15, 0.2) is 0 Å². The number of phenols is 1. The molecule has 1 aliphatic heterocycles. The lowest BCUT2D eigenvalue weighted by Gasteiger charge is -2.29. The van der Waals surface area contributed by atoms with Gasteiger partial charge in [-0.25, -0.2) is 8.42 Å². The summed E-state index contributed by atoms with van der Waals surface area (Å²) in [6.07, 6.45) is -3.05. The SMILES string of the molecule is CS(=O)(=O)Nc1cc(N2CCc3cc(-c4cccc(C(F)(F)F)c4)ccc3C2=O)ccc1O. The maximum Gasteiger partial charge on any atom is 0.416 e. The molecule has 4 rings (SSSR count). The third-order valence-electron chi connectivity index (χ3n) is 5.30. The summed E-state index contributed by atoms with van der Waals surface area (Å²) in [5, 5.41) is 9.93. The fraction of sp³-hybridized carbons (Fsp3) is 0.174. The van der Waals surface area contributed by atoms with Crippen molar-refractivity contribution in [1.29, 1.82) is 0 Å². The van der Waals surface area contributed by atoms with Gasteiger partial charge in [0.05, 0.1) is 17.5 Å². The Morgan fingerprint density at radius 2 is 1.73 bits per heavy atom. The first-order chi connectivity index (χ1) is 15.4. The van der Waals surface area contributed by atoms with Crippen LogP contribution in [0.5, 0.6) is 5.75 Å². The molecule has 1 aliphatic rings. The number of nitrogens with one attached hydrogen (secondary N) is 1. The molecule has 6 nitrogen and oxygen atoms in total. The topological polar surface area (TPSA) is 86.7 Å². The standard InChI is InChI=1S/C23H19F3N2O4S/c1-33(31,32)27-20-13-18(6-8-21(20)29)28-10-9-16-11-15(5-7-19(16)22(28)30)14-3-2-4-17(12-14)23(24,25)26/h2-8,11-13,27,29H,9-10H2,1H3. The quantitative estimate of drug-likeness (QED) is 0.537. The second-order valence-corrected chi connectivity index (χ2v) is 9.48.